The van der Waals surface area contributed by atoms with E-state index in [4.69, 9.17) is 11.6 Å². The molecule has 0 aliphatic carbocycles. The standard InChI is InChI=1S/C16H24ClN3O2S2/c1-16(2)12-20(9-10-23-16)15(18-3)19-8-11-24(21,22)14-6-4-13(17)5-7-14/h4-7H,8-12H2,1-3H3,(H,18,19). The monoisotopic (exact) mass is 389 g/mol. The van der Waals surface area contributed by atoms with Crippen molar-refractivity contribution in [2.24, 2.45) is 4.99 Å². The summed E-state index contributed by atoms with van der Waals surface area (Å²) in [6, 6.07) is 6.26. The first-order chi connectivity index (χ1) is 11.2. The number of guanidine groups is 1. The normalized spacial score (nSPS) is 18.5. The first-order valence-electron chi connectivity index (χ1n) is 7.81. The lowest BCUT2D eigenvalue weighted by Gasteiger charge is -2.39. The fourth-order valence-corrected chi connectivity index (χ4v) is 4.98. The van der Waals surface area contributed by atoms with E-state index in [1.165, 1.54) is 12.1 Å². The number of rotatable bonds is 4. The van der Waals surface area contributed by atoms with Crippen LogP contribution in [0.15, 0.2) is 34.2 Å². The fraction of sp³-hybridized carbons (Fsp3) is 0.562. The molecule has 1 aromatic carbocycles. The van der Waals surface area contributed by atoms with E-state index >= 15 is 0 Å². The van der Waals surface area contributed by atoms with Crippen molar-refractivity contribution in [1.82, 2.24) is 10.2 Å². The zero-order chi connectivity index (χ0) is 17.8. The zero-order valence-corrected chi connectivity index (χ0v) is 16.6. The number of hydrogen-bond donors (Lipinski definition) is 1. The molecule has 0 aromatic heterocycles. The number of aliphatic imine (C=N–C) groups is 1. The molecule has 1 fully saturated rings. The smallest absolute Gasteiger partial charge is 0.193 e. The Balaban J connectivity index is 1.93. The first kappa shape index (κ1) is 19.4. The second kappa shape index (κ2) is 7.97. The van der Waals surface area contributed by atoms with E-state index in [1.807, 2.05) is 11.8 Å². The minimum absolute atomic E-state index is 0.0135. The van der Waals surface area contributed by atoms with Gasteiger partial charge >= 0.3 is 0 Å². The van der Waals surface area contributed by atoms with Gasteiger partial charge in [-0.05, 0) is 38.1 Å². The van der Waals surface area contributed by atoms with Gasteiger partial charge in [-0.15, -0.1) is 0 Å². The summed E-state index contributed by atoms with van der Waals surface area (Å²) >= 11 is 7.75. The minimum Gasteiger partial charge on any atom is -0.355 e. The van der Waals surface area contributed by atoms with Gasteiger partial charge in [-0.3, -0.25) is 4.99 Å². The quantitative estimate of drug-likeness (QED) is 0.633. The topological polar surface area (TPSA) is 61.8 Å². The molecule has 24 heavy (non-hydrogen) atoms. The predicted octanol–water partition coefficient (Wildman–Crippen LogP) is 2.52. The number of hydrogen-bond acceptors (Lipinski definition) is 4. The van der Waals surface area contributed by atoms with Crippen LogP contribution in [-0.4, -0.2) is 62.2 Å². The highest BCUT2D eigenvalue weighted by molar-refractivity contribution is 8.00. The van der Waals surface area contributed by atoms with Crippen molar-refractivity contribution in [3.05, 3.63) is 29.3 Å². The highest BCUT2D eigenvalue weighted by atomic mass is 35.5. The van der Waals surface area contributed by atoms with Gasteiger partial charge in [0.15, 0.2) is 15.8 Å². The number of nitrogens with one attached hydrogen (secondary N) is 1. The lowest BCUT2D eigenvalue weighted by molar-refractivity contribution is 0.377. The van der Waals surface area contributed by atoms with E-state index in [9.17, 15) is 8.42 Å². The van der Waals surface area contributed by atoms with E-state index < -0.39 is 9.84 Å². The molecule has 5 nitrogen and oxygen atoms in total. The molecule has 0 saturated carbocycles. The number of thioether (sulfide) groups is 1. The lowest BCUT2D eigenvalue weighted by atomic mass is 10.2. The molecule has 1 N–H and O–H groups in total. The second-order valence-electron chi connectivity index (χ2n) is 6.28. The van der Waals surface area contributed by atoms with Gasteiger partial charge in [-0.1, -0.05) is 11.6 Å². The lowest BCUT2D eigenvalue weighted by Crippen LogP contribution is -2.51. The zero-order valence-electron chi connectivity index (χ0n) is 14.3. The van der Waals surface area contributed by atoms with Crippen LogP contribution in [0.2, 0.25) is 5.02 Å². The number of benzene rings is 1. The Labute approximate surface area is 153 Å². The average Bonchev–Trinajstić information content (AvgIpc) is 2.51. The number of sulfone groups is 1. The third-order valence-corrected chi connectivity index (χ3v) is 7.04. The van der Waals surface area contributed by atoms with Gasteiger partial charge in [0.05, 0.1) is 10.6 Å². The fourth-order valence-electron chi connectivity index (χ4n) is 2.59. The molecule has 1 saturated heterocycles. The molecule has 0 spiro atoms. The Bertz CT molecular complexity index is 688. The Morgan fingerprint density at radius 3 is 2.62 bits per heavy atom. The summed E-state index contributed by atoms with van der Waals surface area (Å²) in [5.41, 5.74) is 0. The van der Waals surface area contributed by atoms with E-state index in [0.717, 1.165) is 24.8 Å². The molecule has 134 valence electrons. The van der Waals surface area contributed by atoms with Gasteiger partial charge in [-0.2, -0.15) is 11.8 Å². The maximum absolute atomic E-state index is 12.4. The van der Waals surface area contributed by atoms with Gasteiger partial charge in [0.1, 0.15) is 0 Å². The van der Waals surface area contributed by atoms with Gasteiger partial charge in [0.25, 0.3) is 0 Å². The molecular weight excluding hydrogens is 366 g/mol. The highest BCUT2D eigenvalue weighted by Gasteiger charge is 2.28. The van der Waals surface area contributed by atoms with Crippen LogP contribution in [0.1, 0.15) is 13.8 Å². The molecule has 2 rings (SSSR count). The minimum atomic E-state index is -3.33. The molecule has 0 atom stereocenters. The number of nitrogens with zero attached hydrogens (tertiary/aromatic N) is 2. The van der Waals surface area contributed by atoms with Crippen molar-refractivity contribution in [3.8, 4) is 0 Å². The average molecular weight is 390 g/mol. The van der Waals surface area contributed by atoms with Crippen molar-refractivity contribution in [3.63, 3.8) is 0 Å². The molecule has 0 radical (unpaired) electrons. The van der Waals surface area contributed by atoms with Crippen LogP contribution in [0.4, 0.5) is 0 Å². The summed E-state index contributed by atoms with van der Waals surface area (Å²) in [5, 5.41) is 3.70. The van der Waals surface area contributed by atoms with Crippen LogP contribution in [-0.2, 0) is 9.84 Å². The maximum atomic E-state index is 12.4. The largest absolute Gasteiger partial charge is 0.355 e. The van der Waals surface area contributed by atoms with E-state index in [2.05, 4.69) is 29.1 Å². The molecule has 0 bridgehead atoms. The summed E-state index contributed by atoms with van der Waals surface area (Å²) in [5.74, 6) is 1.81. The number of halogens is 1. The molecule has 0 amide bonds. The van der Waals surface area contributed by atoms with Crippen LogP contribution in [0.25, 0.3) is 0 Å². The summed E-state index contributed by atoms with van der Waals surface area (Å²) in [6.07, 6.45) is 0. The second-order valence-corrected chi connectivity index (χ2v) is 10.6. The molecule has 8 heteroatoms. The summed E-state index contributed by atoms with van der Waals surface area (Å²) in [4.78, 5) is 6.77. The summed E-state index contributed by atoms with van der Waals surface area (Å²) in [7, 11) is -1.61. The summed E-state index contributed by atoms with van der Waals surface area (Å²) in [6.45, 7) is 6.55. The van der Waals surface area contributed by atoms with Gasteiger partial charge < -0.3 is 10.2 Å². The van der Waals surface area contributed by atoms with Gasteiger partial charge in [-0.25, -0.2) is 8.42 Å². The van der Waals surface area contributed by atoms with Crippen LogP contribution >= 0.6 is 23.4 Å². The Morgan fingerprint density at radius 1 is 1.38 bits per heavy atom. The molecule has 1 aromatic rings. The predicted molar refractivity (Wildman–Crippen MR) is 103 cm³/mol. The van der Waals surface area contributed by atoms with Crippen LogP contribution in [0, 0.1) is 0 Å². The van der Waals surface area contributed by atoms with Crippen LogP contribution < -0.4 is 5.32 Å². The Kier molecular flexibility index (Phi) is 6.45. The molecular formula is C16H24ClN3O2S2. The van der Waals surface area contributed by atoms with Crippen LogP contribution in [0.3, 0.4) is 0 Å². The third-order valence-electron chi connectivity index (χ3n) is 3.76. The Hall–Kier alpha value is -0.920. The molecule has 0 unspecified atom stereocenters. The van der Waals surface area contributed by atoms with Crippen molar-refractivity contribution >= 4 is 39.2 Å². The SMILES string of the molecule is CN=C(NCCS(=O)(=O)c1ccc(Cl)cc1)N1CCSC(C)(C)C1. The van der Waals surface area contributed by atoms with Crippen molar-refractivity contribution in [1.29, 1.82) is 0 Å². The maximum Gasteiger partial charge on any atom is 0.193 e. The van der Waals surface area contributed by atoms with Crippen molar-refractivity contribution < 1.29 is 8.42 Å². The third kappa shape index (κ3) is 5.29. The van der Waals surface area contributed by atoms with Gasteiger partial charge in [0, 0.05) is 42.2 Å². The van der Waals surface area contributed by atoms with Crippen molar-refractivity contribution in [2.45, 2.75) is 23.5 Å². The Morgan fingerprint density at radius 2 is 2.04 bits per heavy atom. The molecule has 1 aliphatic heterocycles. The summed E-state index contributed by atoms with van der Waals surface area (Å²) < 4.78 is 24.9. The highest BCUT2D eigenvalue weighted by Crippen LogP contribution is 2.29. The van der Waals surface area contributed by atoms with Crippen LogP contribution in [0.5, 0.6) is 0 Å². The van der Waals surface area contributed by atoms with E-state index in [-0.39, 0.29) is 10.5 Å². The molecule has 1 aliphatic rings. The van der Waals surface area contributed by atoms with E-state index in [1.54, 1.807) is 19.2 Å². The molecule has 1 heterocycles. The van der Waals surface area contributed by atoms with Crippen molar-refractivity contribution in [2.75, 3.05) is 38.2 Å². The first-order valence-corrected chi connectivity index (χ1v) is 10.8. The van der Waals surface area contributed by atoms with E-state index in [0.29, 0.717) is 16.5 Å². The van der Waals surface area contributed by atoms with Gasteiger partial charge in [0.2, 0.25) is 0 Å².